The lowest BCUT2D eigenvalue weighted by molar-refractivity contribution is -0.352. The van der Waals surface area contributed by atoms with E-state index in [-0.39, 0.29) is 41.9 Å². The van der Waals surface area contributed by atoms with Crippen molar-refractivity contribution in [3.8, 4) is 5.75 Å². The molecule has 2 heterocycles. The van der Waals surface area contributed by atoms with Gasteiger partial charge >= 0.3 is 6.36 Å². The molecule has 7 rings (SSSR count). The Labute approximate surface area is 192 Å². The number of rotatable bonds is 5. The van der Waals surface area contributed by atoms with E-state index in [2.05, 4.69) is 20.3 Å². The number of aryl methyl sites for hydroxylation is 1. The third-order valence-electron chi connectivity index (χ3n) is 7.65. The van der Waals surface area contributed by atoms with Crippen LogP contribution in [0.4, 0.5) is 17.6 Å². The zero-order valence-electron chi connectivity index (χ0n) is 18.1. The second-order valence-corrected chi connectivity index (χ2v) is 9.98. The normalized spacial score (nSPS) is 33.9. The van der Waals surface area contributed by atoms with Crippen molar-refractivity contribution in [2.24, 2.45) is 5.92 Å². The lowest BCUT2D eigenvalue weighted by atomic mass is 9.76. The second-order valence-electron chi connectivity index (χ2n) is 9.98. The molecule has 7 nitrogen and oxygen atoms in total. The Balaban J connectivity index is 1.04. The van der Waals surface area contributed by atoms with Crippen LogP contribution in [0.15, 0.2) is 22.6 Å². The third kappa shape index (κ3) is 3.93. The first kappa shape index (κ1) is 21.8. The van der Waals surface area contributed by atoms with Gasteiger partial charge in [0.15, 0.2) is 6.10 Å². The van der Waals surface area contributed by atoms with Gasteiger partial charge in [0.05, 0.1) is 6.10 Å². The SMILES string of the molecule is O=C(NC12CC(C1)[C@H](c1nnc(C3CC(OC(F)(F)F)C3)o1)C2)[C@H]1CCc2cc(F)ccc2O1. The highest BCUT2D eigenvalue weighted by Crippen LogP contribution is 2.59. The molecule has 1 aliphatic heterocycles. The first-order chi connectivity index (χ1) is 16.2. The zero-order valence-corrected chi connectivity index (χ0v) is 18.1. The Morgan fingerprint density at radius 2 is 1.91 bits per heavy atom. The Kier molecular flexibility index (Phi) is 4.91. The van der Waals surface area contributed by atoms with Crippen molar-refractivity contribution in [2.75, 3.05) is 0 Å². The molecule has 0 unspecified atom stereocenters. The van der Waals surface area contributed by atoms with E-state index in [1.165, 1.54) is 12.1 Å². The number of carbonyl (C=O) groups is 1. The molecular weight excluding hydrogens is 458 g/mol. The van der Waals surface area contributed by atoms with E-state index >= 15 is 0 Å². The maximum absolute atomic E-state index is 13.4. The minimum Gasteiger partial charge on any atom is -0.480 e. The first-order valence-electron chi connectivity index (χ1n) is 11.5. The van der Waals surface area contributed by atoms with E-state index in [4.69, 9.17) is 9.15 Å². The highest BCUT2D eigenvalue weighted by Gasteiger charge is 2.59. The van der Waals surface area contributed by atoms with Gasteiger partial charge in [0.2, 0.25) is 11.8 Å². The van der Waals surface area contributed by atoms with Crippen LogP contribution in [0.5, 0.6) is 5.75 Å². The van der Waals surface area contributed by atoms with Crippen LogP contribution in [0.25, 0.3) is 0 Å². The van der Waals surface area contributed by atoms with Crippen molar-refractivity contribution in [2.45, 2.75) is 80.9 Å². The lowest BCUT2D eigenvalue weighted by Gasteiger charge is -2.40. The Morgan fingerprint density at radius 1 is 1.15 bits per heavy atom. The number of ether oxygens (including phenoxy) is 2. The highest BCUT2D eigenvalue weighted by atomic mass is 19.4. The summed E-state index contributed by atoms with van der Waals surface area (Å²) in [6.07, 6.45) is -2.38. The topological polar surface area (TPSA) is 86.5 Å². The second kappa shape index (κ2) is 7.66. The Hall–Kier alpha value is -2.69. The lowest BCUT2D eigenvalue weighted by Crippen LogP contribution is -2.55. The van der Waals surface area contributed by atoms with Gasteiger partial charge in [-0.1, -0.05) is 0 Å². The van der Waals surface area contributed by atoms with Gasteiger partial charge in [-0.3, -0.25) is 9.53 Å². The monoisotopic (exact) mass is 481 g/mol. The minimum absolute atomic E-state index is 0.0137. The summed E-state index contributed by atoms with van der Waals surface area (Å²) in [5.41, 5.74) is 0.428. The molecule has 1 aromatic carbocycles. The summed E-state index contributed by atoms with van der Waals surface area (Å²) >= 11 is 0. The van der Waals surface area contributed by atoms with Crippen LogP contribution in [0.2, 0.25) is 0 Å². The van der Waals surface area contributed by atoms with E-state index < -0.39 is 18.6 Å². The molecule has 0 saturated heterocycles. The number of carbonyl (C=O) groups excluding carboxylic acids is 1. The van der Waals surface area contributed by atoms with Crippen LogP contribution >= 0.6 is 0 Å². The molecule has 4 fully saturated rings. The van der Waals surface area contributed by atoms with Crippen LogP contribution < -0.4 is 10.1 Å². The molecule has 1 aromatic heterocycles. The van der Waals surface area contributed by atoms with Crippen molar-refractivity contribution in [1.82, 2.24) is 15.5 Å². The quantitative estimate of drug-likeness (QED) is 0.647. The number of hydrogen-bond acceptors (Lipinski definition) is 6. The molecule has 34 heavy (non-hydrogen) atoms. The molecule has 5 aliphatic rings. The predicted octanol–water partition coefficient (Wildman–Crippen LogP) is 4.14. The predicted molar refractivity (Wildman–Crippen MR) is 107 cm³/mol. The van der Waals surface area contributed by atoms with E-state index in [1.807, 2.05) is 0 Å². The minimum atomic E-state index is -4.64. The number of alkyl halides is 3. The average Bonchev–Trinajstić information content (AvgIpc) is 3.42. The molecular formula is C23H23F4N3O4. The van der Waals surface area contributed by atoms with Crippen molar-refractivity contribution >= 4 is 5.91 Å². The number of nitrogens with zero attached hydrogens (tertiary/aromatic N) is 2. The summed E-state index contributed by atoms with van der Waals surface area (Å²) in [6.45, 7) is 0. The third-order valence-corrected chi connectivity index (χ3v) is 7.65. The molecule has 4 aliphatic carbocycles. The van der Waals surface area contributed by atoms with Crippen LogP contribution in [-0.2, 0) is 16.0 Å². The van der Waals surface area contributed by atoms with Crippen molar-refractivity contribution < 1.29 is 36.2 Å². The van der Waals surface area contributed by atoms with Gasteiger partial charge in [0.25, 0.3) is 5.91 Å². The van der Waals surface area contributed by atoms with Gasteiger partial charge in [0, 0.05) is 17.4 Å². The number of nitrogens with one attached hydrogen (secondary N) is 1. The zero-order chi connectivity index (χ0) is 23.7. The molecule has 0 radical (unpaired) electrons. The number of aromatic nitrogens is 2. The standard InChI is InChI=1S/C23H23F4N3O4/c24-14-2-4-17-11(5-14)1-3-18(32-17)19(31)28-22-8-13(9-22)16(10-22)21-30-29-20(33-21)12-6-15(7-12)34-23(25,26)27/h2,4-5,12-13,15-16,18H,1,3,6-10H2,(H,28,31)/t12?,13?,15?,16-,18-,22?/m1/s1. The van der Waals surface area contributed by atoms with Gasteiger partial charge in [-0.15, -0.1) is 23.4 Å². The van der Waals surface area contributed by atoms with E-state index in [9.17, 15) is 22.4 Å². The summed E-state index contributed by atoms with van der Waals surface area (Å²) in [6, 6.07) is 4.31. The molecule has 182 valence electrons. The van der Waals surface area contributed by atoms with Crippen LogP contribution in [-0.4, -0.2) is 40.2 Å². The van der Waals surface area contributed by atoms with Gasteiger partial charge in [0.1, 0.15) is 11.6 Å². The molecule has 2 atom stereocenters. The molecule has 1 N–H and O–H groups in total. The summed E-state index contributed by atoms with van der Waals surface area (Å²) < 4.78 is 66.0. The van der Waals surface area contributed by atoms with E-state index in [1.54, 1.807) is 6.07 Å². The van der Waals surface area contributed by atoms with Gasteiger partial charge < -0.3 is 14.5 Å². The number of halogens is 4. The number of hydrogen-bond donors (Lipinski definition) is 1. The van der Waals surface area contributed by atoms with E-state index in [0.717, 1.165) is 18.4 Å². The van der Waals surface area contributed by atoms with E-state index in [0.29, 0.717) is 42.7 Å². The van der Waals surface area contributed by atoms with Crippen LogP contribution in [0, 0.1) is 11.7 Å². The van der Waals surface area contributed by atoms with Gasteiger partial charge in [-0.25, -0.2) is 4.39 Å². The summed E-state index contributed by atoms with van der Waals surface area (Å²) in [7, 11) is 0. The molecule has 4 saturated carbocycles. The molecule has 1 amide bonds. The number of amides is 1. The first-order valence-corrected chi connectivity index (χ1v) is 11.5. The summed E-state index contributed by atoms with van der Waals surface area (Å²) in [5, 5.41) is 11.4. The maximum atomic E-state index is 13.4. The largest absolute Gasteiger partial charge is 0.522 e. The molecule has 11 heteroatoms. The molecule has 0 spiro atoms. The Morgan fingerprint density at radius 3 is 2.68 bits per heavy atom. The van der Waals surface area contributed by atoms with Crippen LogP contribution in [0.1, 0.15) is 67.7 Å². The maximum Gasteiger partial charge on any atom is 0.522 e. The average molecular weight is 481 g/mol. The van der Waals surface area contributed by atoms with Crippen molar-refractivity contribution in [3.05, 3.63) is 41.4 Å². The number of fused-ring (bicyclic) bond motifs is 2. The smallest absolute Gasteiger partial charge is 0.480 e. The fraction of sp³-hybridized carbons (Fsp3) is 0.609. The summed E-state index contributed by atoms with van der Waals surface area (Å²) in [5.74, 6) is 0.982. The molecule has 2 aromatic rings. The van der Waals surface area contributed by atoms with Gasteiger partial charge in [-0.2, -0.15) is 0 Å². The fourth-order valence-corrected chi connectivity index (χ4v) is 5.92. The van der Waals surface area contributed by atoms with Crippen LogP contribution in [0.3, 0.4) is 0 Å². The highest BCUT2D eigenvalue weighted by molar-refractivity contribution is 5.82. The van der Waals surface area contributed by atoms with Gasteiger partial charge in [-0.05, 0) is 74.6 Å². The molecule has 2 bridgehead atoms. The Bertz CT molecular complexity index is 1110. The van der Waals surface area contributed by atoms with Crippen molar-refractivity contribution in [1.29, 1.82) is 0 Å². The summed E-state index contributed by atoms with van der Waals surface area (Å²) in [4.78, 5) is 12.9. The number of benzene rings is 1. The van der Waals surface area contributed by atoms with Crippen molar-refractivity contribution in [3.63, 3.8) is 0 Å². The fourth-order valence-electron chi connectivity index (χ4n) is 5.92.